The molecule has 1 aliphatic carbocycles. The van der Waals surface area contributed by atoms with E-state index in [-0.39, 0.29) is 17.5 Å². The minimum atomic E-state index is -0.240. The molecular formula is C14H16N2OS. The highest BCUT2D eigenvalue weighted by molar-refractivity contribution is 7.08. The molecule has 2 rings (SSSR count). The van der Waals surface area contributed by atoms with E-state index >= 15 is 0 Å². The molecule has 0 radical (unpaired) electrons. The summed E-state index contributed by atoms with van der Waals surface area (Å²) in [4.78, 5) is 12.0. The van der Waals surface area contributed by atoms with Gasteiger partial charge in [0.2, 0.25) is 0 Å². The Hall–Kier alpha value is -1.60. The van der Waals surface area contributed by atoms with E-state index in [1.54, 1.807) is 17.4 Å². The number of nitrogens with one attached hydrogen (secondary N) is 1. The van der Waals surface area contributed by atoms with Gasteiger partial charge >= 0.3 is 0 Å². The molecule has 1 aliphatic rings. The van der Waals surface area contributed by atoms with Gasteiger partial charge in [-0.25, -0.2) is 0 Å². The molecule has 3 nitrogen and oxygen atoms in total. The highest BCUT2D eigenvalue weighted by Crippen LogP contribution is 2.18. The monoisotopic (exact) mass is 260 g/mol. The Morgan fingerprint density at radius 1 is 1.44 bits per heavy atom. The number of rotatable bonds is 3. The maximum Gasteiger partial charge on any atom is 0.262 e. The summed E-state index contributed by atoms with van der Waals surface area (Å²) >= 11 is 1.55. The van der Waals surface area contributed by atoms with Gasteiger partial charge in [0.05, 0.1) is 0 Å². The number of nitriles is 1. The molecule has 0 spiro atoms. The van der Waals surface area contributed by atoms with E-state index in [1.165, 1.54) is 19.3 Å². The van der Waals surface area contributed by atoms with Crippen LogP contribution in [-0.2, 0) is 4.79 Å². The van der Waals surface area contributed by atoms with Gasteiger partial charge in [0, 0.05) is 6.04 Å². The van der Waals surface area contributed by atoms with Crippen LogP contribution in [0.5, 0.6) is 0 Å². The SMILES string of the molecule is N#CC(=Cc1ccsc1)C(=O)NC1CCCCC1. The van der Waals surface area contributed by atoms with E-state index < -0.39 is 0 Å². The zero-order valence-electron chi connectivity index (χ0n) is 10.2. The van der Waals surface area contributed by atoms with Gasteiger partial charge in [-0.1, -0.05) is 19.3 Å². The predicted octanol–water partition coefficient (Wildman–Crippen LogP) is 3.10. The quantitative estimate of drug-likeness (QED) is 0.670. The molecule has 1 heterocycles. The zero-order valence-corrected chi connectivity index (χ0v) is 11.0. The van der Waals surface area contributed by atoms with Crippen molar-refractivity contribution in [2.45, 2.75) is 38.1 Å². The summed E-state index contributed by atoms with van der Waals surface area (Å²) in [7, 11) is 0. The van der Waals surface area contributed by atoms with Gasteiger partial charge in [-0.3, -0.25) is 4.79 Å². The van der Waals surface area contributed by atoms with Crippen LogP contribution < -0.4 is 5.32 Å². The number of nitrogens with zero attached hydrogens (tertiary/aromatic N) is 1. The highest BCUT2D eigenvalue weighted by atomic mass is 32.1. The second kappa shape index (κ2) is 6.36. The lowest BCUT2D eigenvalue weighted by Gasteiger charge is -2.22. The van der Waals surface area contributed by atoms with Crippen molar-refractivity contribution < 1.29 is 4.79 Å². The Labute approximate surface area is 111 Å². The predicted molar refractivity (Wildman–Crippen MR) is 72.9 cm³/mol. The van der Waals surface area contributed by atoms with Crippen molar-refractivity contribution in [2.75, 3.05) is 0 Å². The fraction of sp³-hybridized carbons (Fsp3) is 0.429. The van der Waals surface area contributed by atoms with Gasteiger partial charge < -0.3 is 5.32 Å². The van der Waals surface area contributed by atoms with E-state index in [2.05, 4.69) is 5.32 Å². The summed E-state index contributed by atoms with van der Waals surface area (Å²) in [6.07, 6.45) is 7.30. The molecule has 94 valence electrons. The molecule has 0 aromatic carbocycles. The number of hydrogen-bond donors (Lipinski definition) is 1. The van der Waals surface area contributed by atoms with Gasteiger partial charge in [0.15, 0.2) is 0 Å². The molecule has 18 heavy (non-hydrogen) atoms. The van der Waals surface area contributed by atoms with Crippen LogP contribution in [0.1, 0.15) is 37.7 Å². The normalized spacial score (nSPS) is 17.2. The molecule has 4 heteroatoms. The topological polar surface area (TPSA) is 52.9 Å². The molecular weight excluding hydrogens is 244 g/mol. The van der Waals surface area contributed by atoms with E-state index in [9.17, 15) is 4.79 Å². The Bertz CT molecular complexity index is 464. The lowest BCUT2D eigenvalue weighted by atomic mass is 9.95. The van der Waals surface area contributed by atoms with Crippen molar-refractivity contribution in [3.8, 4) is 6.07 Å². The van der Waals surface area contributed by atoms with E-state index in [1.807, 2.05) is 22.9 Å². The van der Waals surface area contributed by atoms with Crippen LogP contribution in [0.15, 0.2) is 22.4 Å². The minimum absolute atomic E-state index is 0.193. The molecule has 0 atom stereocenters. The average Bonchev–Trinajstić information content (AvgIpc) is 2.90. The van der Waals surface area contributed by atoms with Crippen molar-refractivity contribution in [1.82, 2.24) is 5.32 Å². The van der Waals surface area contributed by atoms with Crippen LogP contribution in [0.3, 0.4) is 0 Å². The third kappa shape index (κ3) is 3.44. The lowest BCUT2D eigenvalue weighted by molar-refractivity contribution is -0.117. The number of thiophene rings is 1. The summed E-state index contributed by atoms with van der Waals surface area (Å²) in [5, 5.41) is 15.9. The highest BCUT2D eigenvalue weighted by Gasteiger charge is 2.17. The molecule has 0 aliphatic heterocycles. The molecule has 1 N–H and O–H groups in total. The zero-order chi connectivity index (χ0) is 12.8. The molecule has 0 saturated heterocycles. The molecule has 1 saturated carbocycles. The molecule has 1 aromatic rings. The first kappa shape index (κ1) is 12.8. The molecule has 1 fully saturated rings. The number of carbonyl (C=O) groups is 1. The van der Waals surface area contributed by atoms with Gasteiger partial charge in [-0.2, -0.15) is 16.6 Å². The first-order chi connectivity index (χ1) is 8.79. The third-order valence-corrected chi connectivity index (χ3v) is 3.86. The Morgan fingerprint density at radius 3 is 2.83 bits per heavy atom. The fourth-order valence-electron chi connectivity index (χ4n) is 2.18. The van der Waals surface area contributed by atoms with Gasteiger partial charge in [-0.15, -0.1) is 0 Å². The minimum Gasteiger partial charge on any atom is -0.349 e. The fourth-order valence-corrected chi connectivity index (χ4v) is 2.80. The number of carbonyl (C=O) groups excluding carboxylic acids is 1. The first-order valence-electron chi connectivity index (χ1n) is 6.24. The van der Waals surface area contributed by atoms with Crippen LogP contribution in [-0.4, -0.2) is 11.9 Å². The van der Waals surface area contributed by atoms with Crippen LogP contribution in [0.25, 0.3) is 6.08 Å². The molecule has 0 bridgehead atoms. The largest absolute Gasteiger partial charge is 0.349 e. The molecule has 1 aromatic heterocycles. The van der Waals surface area contributed by atoms with Crippen molar-refractivity contribution in [3.63, 3.8) is 0 Å². The Kier molecular flexibility index (Phi) is 4.54. The smallest absolute Gasteiger partial charge is 0.262 e. The van der Waals surface area contributed by atoms with Crippen LogP contribution in [0.4, 0.5) is 0 Å². The van der Waals surface area contributed by atoms with Crippen molar-refractivity contribution in [3.05, 3.63) is 28.0 Å². The summed E-state index contributed by atoms with van der Waals surface area (Å²) < 4.78 is 0. The average molecular weight is 260 g/mol. The first-order valence-corrected chi connectivity index (χ1v) is 7.19. The van der Waals surface area contributed by atoms with Crippen molar-refractivity contribution >= 4 is 23.3 Å². The second-order valence-corrected chi connectivity index (χ2v) is 5.31. The van der Waals surface area contributed by atoms with E-state index in [0.717, 1.165) is 18.4 Å². The lowest BCUT2D eigenvalue weighted by Crippen LogP contribution is -2.36. The maximum atomic E-state index is 12.0. The van der Waals surface area contributed by atoms with E-state index in [4.69, 9.17) is 5.26 Å². The van der Waals surface area contributed by atoms with E-state index in [0.29, 0.717) is 0 Å². The van der Waals surface area contributed by atoms with Gasteiger partial charge in [0.1, 0.15) is 11.6 Å². The Balaban J connectivity index is 2.00. The van der Waals surface area contributed by atoms with Crippen molar-refractivity contribution in [2.24, 2.45) is 0 Å². The standard InChI is InChI=1S/C14H16N2OS/c15-9-12(8-11-6-7-18-10-11)14(17)16-13-4-2-1-3-5-13/h6-8,10,13H,1-5H2,(H,16,17). The summed E-state index contributed by atoms with van der Waals surface area (Å²) in [6, 6.07) is 4.12. The van der Waals surface area contributed by atoms with Gasteiger partial charge in [-0.05, 0) is 41.3 Å². The summed E-state index contributed by atoms with van der Waals surface area (Å²) in [6.45, 7) is 0. The number of hydrogen-bond acceptors (Lipinski definition) is 3. The number of amides is 1. The van der Waals surface area contributed by atoms with Crippen LogP contribution >= 0.6 is 11.3 Å². The van der Waals surface area contributed by atoms with Crippen LogP contribution in [0.2, 0.25) is 0 Å². The Morgan fingerprint density at radius 2 is 2.22 bits per heavy atom. The van der Waals surface area contributed by atoms with Gasteiger partial charge in [0.25, 0.3) is 5.91 Å². The molecule has 0 unspecified atom stereocenters. The second-order valence-electron chi connectivity index (χ2n) is 4.53. The van der Waals surface area contributed by atoms with Crippen LogP contribution in [0, 0.1) is 11.3 Å². The third-order valence-electron chi connectivity index (χ3n) is 3.16. The summed E-state index contributed by atoms with van der Waals surface area (Å²) in [5.41, 5.74) is 1.11. The summed E-state index contributed by atoms with van der Waals surface area (Å²) in [5.74, 6) is -0.240. The maximum absolute atomic E-state index is 12.0. The molecule has 1 amide bonds. The van der Waals surface area contributed by atoms with Crippen molar-refractivity contribution in [1.29, 1.82) is 5.26 Å².